The monoisotopic (exact) mass is 328 g/mol. The molecule has 0 spiro atoms. The molecule has 1 aromatic rings. The van der Waals surface area contributed by atoms with E-state index < -0.39 is 0 Å². The van der Waals surface area contributed by atoms with E-state index in [1.54, 1.807) is 0 Å². The number of carbonyl (C=O) groups is 1. The summed E-state index contributed by atoms with van der Waals surface area (Å²) in [4.78, 5) is 13.6. The molecule has 2 aliphatic rings. The van der Waals surface area contributed by atoms with Crippen LogP contribution in [0.25, 0.3) is 0 Å². The van der Waals surface area contributed by atoms with Gasteiger partial charge in [0.1, 0.15) is 0 Å². The Kier molecular flexibility index (Phi) is 4.81. The summed E-state index contributed by atoms with van der Waals surface area (Å²) in [5.74, 6) is 3.09. The number of amides is 1. The van der Waals surface area contributed by atoms with Gasteiger partial charge in [0.15, 0.2) is 0 Å². The lowest BCUT2D eigenvalue weighted by molar-refractivity contribution is -0.123. The van der Waals surface area contributed by atoms with Crippen molar-refractivity contribution in [3.05, 3.63) is 28.8 Å². The van der Waals surface area contributed by atoms with Gasteiger partial charge in [-0.3, -0.25) is 4.79 Å². The van der Waals surface area contributed by atoms with E-state index in [0.29, 0.717) is 0 Å². The van der Waals surface area contributed by atoms with Gasteiger partial charge in [-0.25, -0.2) is 0 Å². The molecule has 6 heteroatoms. The Hall–Kier alpha value is -0.360. The first-order valence-corrected chi connectivity index (χ1v) is 9.29. The van der Waals surface area contributed by atoms with Crippen molar-refractivity contribution in [2.24, 2.45) is 0 Å². The van der Waals surface area contributed by atoms with Gasteiger partial charge >= 0.3 is 0 Å². The zero-order valence-electron chi connectivity index (χ0n) is 11.0. The average molecular weight is 329 g/mol. The first-order valence-electron chi connectivity index (χ1n) is 6.78. The van der Waals surface area contributed by atoms with Crippen LogP contribution in [-0.2, 0) is 4.79 Å². The van der Waals surface area contributed by atoms with Gasteiger partial charge in [-0.2, -0.15) is 11.8 Å². The van der Waals surface area contributed by atoms with Gasteiger partial charge in [0.2, 0.25) is 5.91 Å². The topological polar surface area (TPSA) is 41.1 Å². The van der Waals surface area contributed by atoms with Crippen LogP contribution in [0.4, 0.5) is 0 Å². The molecule has 2 N–H and O–H groups in total. The standard InChI is InChI=1S/C14H17ClN2OS2/c15-9-1-2-13-10(7-9)11(3-5-20-13)17-14(18)12-8-19-6-4-16-12/h1-2,7,11-12,16H,3-6,8H2,(H,17,18). The number of fused-ring (bicyclic) bond motifs is 1. The lowest BCUT2D eigenvalue weighted by atomic mass is 10.0. The summed E-state index contributed by atoms with van der Waals surface area (Å²) in [7, 11) is 0. The second-order valence-corrected chi connectivity index (χ2v) is 7.69. The minimum atomic E-state index is -0.0639. The number of hydrogen-bond donors (Lipinski definition) is 2. The number of halogens is 1. The molecule has 0 aromatic heterocycles. The number of hydrogen-bond acceptors (Lipinski definition) is 4. The summed E-state index contributed by atoms with van der Waals surface area (Å²) >= 11 is 9.76. The van der Waals surface area contributed by atoms with Crippen LogP contribution in [0.3, 0.4) is 0 Å². The fraction of sp³-hybridized carbons (Fsp3) is 0.500. The number of benzene rings is 1. The Labute approximate surface area is 132 Å². The molecular formula is C14H17ClN2OS2. The highest BCUT2D eigenvalue weighted by atomic mass is 35.5. The SMILES string of the molecule is O=C(NC1CCSc2ccc(Cl)cc21)C1CSCCN1. The van der Waals surface area contributed by atoms with E-state index in [1.807, 2.05) is 35.7 Å². The number of nitrogens with one attached hydrogen (secondary N) is 2. The summed E-state index contributed by atoms with van der Waals surface area (Å²) in [6, 6.07) is 5.97. The minimum absolute atomic E-state index is 0.0639. The third-order valence-corrected chi connectivity index (χ3v) is 5.99. The molecule has 1 fully saturated rings. The molecule has 2 heterocycles. The molecule has 20 heavy (non-hydrogen) atoms. The van der Waals surface area contributed by atoms with Gasteiger partial charge in [-0.1, -0.05) is 11.6 Å². The zero-order chi connectivity index (χ0) is 13.9. The molecule has 3 rings (SSSR count). The maximum absolute atomic E-state index is 12.3. The summed E-state index contributed by atoms with van der Waals surface area (Å²) < 4.78 is 0. The number of thioether (sulfide) groups is 2. The van der Waals surface area contributed by atoms with Crippen LogP contribution < -0.4 is 10.6 Å². The number of rotatable bonds is 2. The fourth-order valence-corrected chi connectivity index (χ4v) is 4.74. The number of carbonyl (C=O) groups excluding carboxylic acids is 1. The van der Waals surface area contributed by atoms with Crippen molar-refractivity contribution in [1.82, 2.24) is 10.6 Å². The smallest absolute Gasteiger partial charge is 0.238 e. The summed E-state index contributed by atoms with van der Waals surface area (Å²) in [6.07, 6.45) is 0.962. The van der Waals surface area contributed by atoms with E-state index in [1.165, 1.54) is 4.90 Å². The van der Waals surface area contributed by atoms with Gasteiger partial charge in [-0.05, 0) is 30.2 Å². The molecule has 2 aliphatic heterocycles. The molecule has 2 atom stereocenters. The summed E-state index contributed by atoms with van der Waals surface area (Å²) in [5, 5.41) is 7.20. The van der Waals surface area contributed by atoms with E-state index in [2.05, 4.69) is 16.7 Å². The zero-order valence-corrected chi connectivity index (χ0v) is 13.4. The normalized spacial score (nSPS) is 25.9. The first-order chi connectivity index (χ1) is 9.74. The Balaban J connectivity index is 1.72. The Morgan fingerprint density at radius 3 is 3.10 bits per heavy atom. The van der Waals surface area contributed by atoms with Crippen LogP contribution in [0.15, 0.2) is 23.1 Å². The maximum Gasteiger partial charge on any atom is 0.238 e. The highest BCUT2D eigenvalue weighted by Gasteiger charge is 2.27. The quantitative estimate of drug-likeness (QED) is 0.876. The minimum Gasteiger partial charge on any atom is -0.348 e. The third kappa shape index (κ3) is 3.27. The van der Waals surface area contributed by atoms with Crippen molar-refractivity contribution in [3.8, 4) is 0 Å². The molecule has 2 unspecified atom stereocenters. The Morgan fingerprint density at radius 1 is 1.40 bits per heavy atom. The molecule has 0 aliphatic carbocycles. The van der Waals surface area contributed by atoms with Crippen LogP contribution in [0, 0.1) is 0 Å². The highest BCUT2D eigenvalue weighted by Crippen LogP contribution is 2.37. The molecule has 3 nitrogen and oxygen atoms in total. The van der Waals surface area contributed by atoms with Crippen LogP contribution in [0.2, 0.25) is 5.02 Å². The van der Waals surface area contributed by atoms with Crippen molar-refractivity contribution < 1.29 is 4.79 Å². The van der Waals surface area contributed by atoms with Crippen LogP contribution >= 0.6 is 35.1 Å². The summed E-state index contributed by atoms with van der Waals surface area (Å²) in [5.41, 5.74) is 1.16. The largest absolute Gasteiger partial charge is 0.348 e. The van der Waals surface area contributed by atoms with Crippen LogP contribution in [0.5, 0.6) is 0 Å². The first kappa shape index (κ1) is 14.6. The van der Waals surface area contributed by atoms with Crippen molar-refractivity contribution >= 4 is 41.0 Å². The molecule has 0 saturated carbocycles. The van der Waals surface area contributed by atoms with Crippen molar-refractivity contribution in [2.75, 3.05) is 23.8 Å². The second-order valence-electron chi connectivity index (χ2n) is 4.96. The lowest BCUT2D eigenvalue weighted by Crippen LogP contribution is -2.50. The molecule has 1 aromatic carbocycles. The predicted molar refractivity (Wildman–Crippen MR) is 86.8 cm³/mol. The van der Waals surface area contributed by atoms with E-state index in [4.69, 9.17) is 11.6 Å². The molecule has 1 saturated heterocycles. The molecule has 0 radical (unpaired) electrons. The second kappa shape index (κ2) is 6.60. The lowest BCUT2D eigenvalue weighted by Gasteiger charge is -2.29. The Bertz CT molecular complexity index is 506. The van der Waals surface area contributed by atoms with Crippen molar-refractivity contribution in [2.45, 2.75) is 23.4 Å². The Morgan fingerprint density at radius 2 is 2.30 bits per heavy atom. The van der Waals surface area contributed by atoms with Gasteiger partial charge in [-0.15, -0.1) is 11.8 Å². The molecule has 1 amide bonds. The average Bonchev–Trinajstić information content (AvgIpc) is 2.49. The van der Waals surface area contributed by atoms with Crippen molar-refractivity contribution in [3.63, 3.8) is 0 Å². The molecule has 0 bridgehead atoms. The molecule has 108 valence electrons. The van der Waals surface area contributed by atoms with Crippen LogP contribution in [-0.4, -0.2) is 35.8 Å². The van der Waals surface area contributed by atoms with E-state index in [-0.39, 0.29) is 18.0 Å². The fourth-order valence-electron chi connectivity index (χ4n) is 2.52. The van der Waals surface area contributed by atoms with Crippen molar-refractivity contribution in [1.29, 1.82) is 0 Å². The van der Waals surface area contributed by atoms with Gasteiger partial charge in [0, 0.05) is 33.7 Å². The van der Waals surface area contributed by atoms with E-state index >= 15 is 0 Å². The van der Waals surface area contributed by atoms with E-state index in [9.17, 15) is 4.79 Å². The van der Waals surface area contributed by atoms with Gasteiger partial charge in [0.05, 0.1) is 12.1 Å². The van der Waals surface area contributed by atoms with Crippen LogP contribution in [0.1, 0.15) is 18.0 Å². The van der Waals surface area contributed by atoms with Gasteiger partial charge < -0.3 is 10.6 Å². The maximum atomic E-state index is 12.3. The van der Waals surface area contributed by atoms with Gasteiger partial charge in [0.25, 0.3) is 0 Å². The molecular weight excluding hydrogens is 312 g/mol. The van der Waals surface area contributed by atoms with E-state index in [0.717, 1.165) is 40.8 Å². The third-order valence-electron chi connectivity index (χ3n) is 3.57. The highest BCUT2D eigenvalue weighted by molar-refractivity contribution is 7.99. The predicted octanol–water partition coefficient (Wildman–Crippen LogP) is 2.70. The summed E-state index contributed by atoms with van der Waals surface area (Å²) in [6.45, 7) is 0.908.